The second kappa shape index (κ2) is 7.88. The number of likely N-dealkylation sites (tertiary alicyclic amines) is 1. The fourth-order valence-electron chi connectivity index (χ4n) is 3.43. The predicted molar refractivity (Wildman–Crippen MR) is 103 cm³/mol. The van der Waals surface area contributed by atoms with E-state index in [0.29, 0.717) is 6.04 Å². The van der Waals surface area contributed by atoms with Gasteiger partial charge in [0.25, 0.3) is 0 Å². The molecule has 1 aliphatic rings. The Morgan fingerprint density at radius 1 is 1.19 bits per heavy atom. The molecule has 1 saturated heterocycles. The minimum Gasteiger partial charge on any atom is -0.325 e. The van der Waals surface area contributed by atoms with E-state index in [1.807, 2.05) is 30.6 Å². The van der Waals surface area contributed by atoms with Gasteiger partial charge in [-0.15, -0.1) is 11.3 Å². The highest BCUT2D eigenvalue weighted by molar-refractivity contribution is 7.07. The number of aromatic nitrogens is 4. The summed E-state index contributed by atoms with van der Waals surface area (Å²) in [5.41, 5.74) is 4.11. The summed E-state index contributed by atoms with van der Waals surface area (Å²) in [5, 5.41) is 5.42. The first-order valence-corrected chi connectivity index (χ1v) is 9.87. The first kappa shape index (κ1) is 17.1. The highest BCUT2D eigenvalue weighted by Gasteiger charge is 2.26. The largest absolute Gasteiger partial charge is 0.325 e. The van der Waals surface area contributed by atoms with E-state index in [1.54, 1.807) is 17.5 Å². The van der Waals surface area contributed by atoms with Gasteiger partial charge in [0.2, 0.25) is 0 Å². The molecule has 134 valence electrons. The van der Waals surface area contributed by atoms with Gasteiger partial charge in [0.05, 0.1) is 22.9 Å². The van der Waals surface area contributed by atoms with Crippen LogP contribution in [0.25, 0.3) is 0 Å². The molecule has 0 radical (unpaired) electrons. The molecular formula is C19H22N6S. The summed E-state index contributed by atoms with van der Waals surface area (Å²) < 4.78 is 0. The second-order valence-corrected chi connectivity index (χ2v) is 7.25. The number of pyridine rings is 1. The summed E-state index contributed by atoms with van der Waals surface area (Å²) in [6.07, 6.45) is 5.34. The molecule has 1 aliphatic heterocycles. The van der Waals surface area contributed by atoms with Crippen LogP contribution in [0, 0.1) is 6.92 Å². The van der Waals surface area contributed by atoms with E-state index >= 15 is 0 Å². The first-order chi connectivity index (χ1) is 12.8. The van der Waals surface area contributed by atoms with E-state index in [4.69, 9.17) is 4.98 Å². The molecule has 0 spiro atoms. The Hall–Kier alpha value is -2.38. The average Bonchev–Trinajstić information content (AvgIpc) is 3.16. The molecule has 7 heteroatoms. The van der Waals surface area contributed by atoms with Crippen LogP contribution >= 0.6 is 11.3 Å². The maximum Gasteiger partial charge on any atom is 0.135 e. The number of anilines is 2. The van der Waals surface area contributed by atoms with Gasteiger partial charge in [-0.1, -0.05) is 12.5 Å². The SMILES string of the molecule is Cc1nc(Nc2ccccn2)cc([C@@H]2CCCCN2Cc2cscn2)n1. The Morgan fingerprint density at radius 2 is 2.15 bits per heavy atom. The summed E-state index contributed by atoms with van der Waals surface area (Å²) in [6, 6.07) is 8.16. The summed E-state index contributed by atoms with van der Waals surface area (Å²) in [6.45, 7) is 3.90. The van der Waals surface area contributed by atoms with Crippen molar-refractivity contribution in [3.63, 3.8) is 0 Å². The maximum atomic E-state index is 4.75. The third-order valence-electron chi connectivity index (χ3n) is 4.58. The van der Waals surface area contributed by atoms with E-state index < -0.39 is 0 Å². The summed E-state index contributed by atoms with van der Waals surface area (Å²) >= 11 is 1.65. The van der Waals surface area contributed by atoms with Gasteiger partial charge < -0.3 is 5.32 Å². The monoisotopic (exact) mass is 366 g/mol. The van der Waals surface area contributed by atoms with Crippen molar-refractivity contribution in [2.24, 2.45) is 0 Å². The van der Waals surface area contributed by atoms with Crippen molar-refractivity contribution in [1.82, 2.24) is 24.8 Å². The Morgan fingerprint density at radius 3 is 2.96 bits per heavy atom. The van der Waals surface area contributed by atoms with Gasteiger partial charge in [-0.2, -0.15) is 0 Å². The average molecular weight is 366 g/mol. The number of aryl methyl sites for hydroxylation is 1. The lowest BCUT2D eigenvalue weighted by atomic mass is 9.98. The van der Waals surface area contributed by atoms with Crippen LogP contribution in [0.4, 0.5) is 11.6 Å². The maximum absolute atomic E-state index is 4.75. The number of hydrogen-bond donors (Lipinski definition) is 1. The van der Waals surface area contributed by atoms with Crippen LogP contribution in [0.15, 0.2) is 41.4 Å². The van der Waals surface area contributed by atoms with Crippen molar-refractivity contribution in [2.75, 3.05) is 11.9 Å². The Bertz CT molecular complexity index is 837. The van der Waals surface area contributed by atoms with Gasteiger partial charge >= 0.3 is 0 Å². The second-order valence-electron chi connectivity index (χ2n) is 6.53. The molecule has 1 atom stereocenters. The van der Waals surface area contributed by atoms with Crippen LogP contribution in [0.5, 0.6) is 0 Å². The van der Waals surface area contributed by atoms with Gasteiger partial charge in [0.15, 0.2) is 0 Å². The van der Waals surface area contributed by atoms with Crippen LogP contribution in [-0.2, 0) is 6.54 Å². The molecule has 0 amide bonds. The lowest BCUT2D eigenvalue weighted by Gasteiger charge is -2.35. The van der Waals surface area contributed by atoms with Crippen molar-refractivity contribution in [3.8, 4) is 0 Å². The smallest absolute Gasteiger partial charge is 0.135 e. The number of nitrogens with zero attached hydrogens (tertiary/aromatic N) is 5. The molecule has 6 nitrogen and oxygen atoms in total. The van der Waals surface area contributed by atoms with E-state index in [0.717, 1.165) is 48.4 Å². The topological polar surface area (TPSA) is 66.8 Å². The van der Waals surface area contributed by atoms with Gasteiger partial charge in [0, 0.05) is 24.2 Å². The lowest BCUT2D eigenvalue weighted by Crippen LogP contribution is -2.33. The summed E-state index contributed by atoms with van der Waals surface area (Å²) in [4.78, 5) is 20.5. The zero-order valence-corrected chi connectivity index (χ0v) is 15.6. The van der Waals surface area contributed by atoms with Gasteiger partial charge in [-0.3, -0.25) is 4.90 Å². The zero-order valence-electron chi connectivity index (χ0n) is 14.8. The minimum absolute atomic E-state index is 0.302. The van der Waals surface area contributed by atoms with Crippen LogP contribution < -0.4 is 5.32 Å². The fraction of sp³-hybridized carbons (Fsp3) is 0.368. The standard InChI is InChI=1S/C19H22N6S/c1-14-22-16(10-19(23-14)24-18-7-2-4-8-20-18)17-6-3-5-9-25(17)11-15-12-26-13-21-15/h2,4,7-8,10,12-13,17H,3,5-6,9,11H2,1H3,(H,20,22,23,24)/t17-/m0/s1. The van der Waals surface area contributed by atoms with E-state index in [-0.39, 0.29) is 0 Å². The molecule has 26 heavy (non-hydrogen) atoms. The lowest BCUT2D eigenvalue weighted by molar-refractivity contribution is 0.135. The normalized spacial score (nSPS) is 18.0. The number of rotatable bonds is 5. The van der Waals surface area contributed by atoms with Crippen molar-refractivity contribution >= 4 is 23.0 Å². The van der Waals surface area contributed by atoms with E-state index in [2.05, 4.69) is 36.6 Å². The first-order valence-electron chi connectivity index (χ1n) is 8.93. The van der Waals surface area contributed by atoms with Gasteiger partial charge in [0.1, 0.15) is 17.5 Å². The number of hydrogen-bond acceptors (Lipinski definition) is 7. The van der Waals surface area contributed by atoms with E-state index in [9.17, 15) is 0 Å². The fourth-order valence-corrected chi connectivity index (χ4v) is 3.98. The molecule has 0 bridgehead atoms. The summed E-state index contributed by atoms with van der Waals surface area (Å²) in [5.74, 6) is 2.37. The van der Waals surface area contributed by atoms with Gasteiger partial charge in [-0.25, -0.2) is 19.9 Å². The zero-order chi connectivity index (χ0) is 17.8. The van der Waals surface area contributed by atoms with Crippen LogP contribution in [0.1, 0.15) is 42.5 Å². The Labute approximate surface area is 157 Å². The number of thiazole rings is 1. The quantitative estimate of drug-likeness (QED) is 0.733. The molecule has 1 N–H and O–H groups in total. The molecule has 0 unspecified atom stereocenters. The van der Waals surface area contributed by atoms with Gasteiger partial charge in [-0.05, 0) is 38.4 Å². The van der Waals surface area contributed by atoms with Crippen LogP contribution in [0.3, 0.4) is 0 Å². The van der Waals surface area contributed by atoms with Crippen molar-refractivity contribution < 1.29 is 0 Å². The molecule has 3 aromatic rings. The minimum atomic E-state index is 0.302. The van der Waals surface area contributed by atoms with Crippen LogP contribution in [-0.4, -0.2) is 31.4 Å². The summed E-state index contributed by atoms with van der Waals surface area (Å²) in [7, 11) is 0. The highest BCUT2D eigenvalue weighted by atomic mass is 32.1. The molecule has 0 aromatic carbocycles. The Kier molecular flexibility index (Phi) is 5.17. The third kappa shape index (κ3) is 4.05. The van der Waals surface area contributed by atoms with E-state index in [1.165, 1.54) is 12.8 Å². The molecule has 3 aromatic heterocycles. The molecular weight excluding hydrogens is 344 g/mol. The van der Waals surface area contributed by atoms with Crippen LogP contribution in [0.2, 0.25) is 0 Å². The predicted octanol–water partition coefficient (Wildman–Crippen LogP) is 4.11. The molecule has 1 fully saturated rings. The third-order valence-corrected chi connectivity index (χ3v) is 5.22. The van der Waals surface area contributed by atoms with Crippen molar-refractivity contribution in [2.45, 2.75) is 38.8 Å². The highest BCUT2D eigenvalue weighted by Crippen LogP contribution is 2.32. The number of piperidine rings is 1. The Balaban J connectivity index is 1.58. The van der Waals surface area contributed by atoms with Crippen molar-refractivity contribution in [1.29, 1.82) is 0 Å². The van der Waals surface area contributed by atoms with Crippen molar-refractivity contribution in [3.05, 3.63) is 58.6 Å². The molecule has 4 heterocycles. The molecule has 0 aliphatic carbocycles. The number of nitrogens with one attached hydrogen (secondary N) is 1. The molecule has 4 rings (SSSR count). The molecule has 0 saturated carbocycles.